The number of fused-ring (bicyclic) bond motifs is 1. The van der Waals surface area contributed by atoms with Gasteiger partial charge in [0, 0.05) is 17.1 Å². The summed E-state index contributed by atoms with van der Waals surface area (Å²) in [6.45, 7) is 2.55. The highest BCUT2D eigenvalue weighted by molar-refractivity contribution is 7.09. The zero-order valence-electron chi connectivity index (χ0n) is 12.9. The van der Waals surface area contributed by atoms with Crippen LogP contribution in [0.4, 0.5) is 10.5 Å². The van der Waals surface area contributed by atoms with Crippen molar-refractivity contribution in [2.24, 2.45) is 0 Å². The van der Waals surface area contributed by atoms with Crippen LogP contribution in [-0.4, -0.2) is 18.5 Å². The highest BCUT2D eigenvalue weighted by atomic mass is 32.1. The molecule has 3 rings (SSSR count). The monoisotopic (exact) mass is 329 g/mol. The largest absolute Gasteiger partial charge is 0.338 e. The summed E-state index contributed by atoms with van der Waals surface area (Å²) >= 11 is 1.69. The average molecular weight is 329 g/mol. The van der Waals surface area contributed by atoms with Gasteiger partial charge in [0.2, 0.25) is 5.91 Å². The van der Waals surface area contributed by atoms with Crippen LogP contribution in [0.3, 0.4) is 0 Å². The minimum absolute atomic E-state index is 0.0177. The second-order valence-electron chi connectivity index (χ2n) is 5.59. The van der Waals surface area contributed by atoms with Gasteiger partial charge in [-0.05, 0) is 42.0 Å². The lowest BCUT2D eigenvalue weighted by atomic mass is 10.0. The first-order chi connectivity index (χ1) is 11.1. The molecule has 1 aliphatic rings. The van der Waals surface area contributed by atoms with Crippen molar-refractivity contribution in [3.63, 3.8) is 0 Å². The summed E-state index contributed by atoms with van der Waals surface area (Å²) in [5.41, 5.74) is 2.85. The topological polar surface area (TPSA) is 70.2 Å². The van der Waals surface area contributed by atoms with Crippen molar-refractivity contribution in [1.82, 2.24) is 10.6 Å². The van der Waals surface area contributed by atoms with Crippen LogP contribution in [-0.2, 0) is 17.6 Å². The molecule has 1 aromatic heterocycles. The second-order valence-corrected chi connectivity index (χ2v) is 6.63. The number of urea groups is 1. The number of anilines is 1. The van der Waals surface area contributed by atoms with Crippen molar-refractivity contribution in [2.75, 3.05) is 11.9 Å². The molecular weight excluding hydrogens is 310 g/mol. The van der Waals surface area contributed by atoms with E-state index in [-0.39, 0.29) is 18.0 Å². The molecule has 1 aliphatic heterocycles. The normalized spacial score (nSPS) is 14.0. The number of thiophene rings is 1. The lowest BCUT2D eigenvalue weighted by Crippen LogP contribution is -2.38. The molecule has 0 radical (unpaired) electrons. The van der Waals surface area contributed by atoms with Crippen molar-refractivity contribution >= 4 is 29.0 Å². The molecule has 0 fully saturated rings. The second kappa shape index (κ2) is 6.83. The molecule has 0 saturated heterocycles. The Morgan fingerprint density at radius 2 is 2.26 bits per heavy atom. The number of carbonyl (C=O) groups excluding carboxylic acids is 2. The quantitative estimate of drug-likeness (QED) is 0.789. The van der Waals surface area contributed by atoms with Crippen LogP contribution < -0.4 is 16.0 Å². The average Bonchev–Trinajstić information content (AvgIpc) is 3.14. The number of benzene rings is 1. The van der Waals surface area contributed by atoms with E-state index in [1.807, 2.05) is 36.6 Å². The van der Waals surface area contributed by atoms with E-state index >= 15 is 0 Å². The molecule has 2 aromatic rings. The Hall–Kier alpha value is -2.34. The Morgan fingerprint density at radius 1 is 1.39 bits per heavy atom. The van der Waals surface area contributed by atoms with E-state index in [2.05, 4.69) is 22.0 Å². The molecule has 3 N–H and O–H groups in total. The maximum atomic E-state index is 12.0. The Kier molecular flexibility index (Phi) is 4.62. The van der Waals surface area contributed by atoms with Crippen LogP contribution in [0.15, 0.2) is 35.7 Å². The first-order valence-corrected chi connectivity index (χ1v) is 8.49. The summed E-state index contributed by atoms with van der Waals surface area (Å²) in [6, 6.07) is 9.58. The molecule has 6 heteroatoms. The van der Waals surface area contributed by atoms with Crippen LogP contribution in [0, 0.1) is 0 Å². The van der Waals surface area contributed by atoms with Gasteiger partial charge in [0.25, 0.3) is 0 Å². The third-order valence-electron chi connectivity index (χ3n) is 3.84. The van der Waals surface area contributed by atoms with E-state index in [1.54, 1.807) is 11.3 Å². The number of amides is 3. The first kappa shape index (κ1) is 15.6. The van der Waals surface area contributed by atoms with E-state index in [4.69, 9.17) is 0 Å². The van der Waals surface area contributed by atoms with Gasteiger partial charge in [0.05, 0.1) is 12.5 Å². The summed E-state index contributed by atoms with van der Waals surface area (Å²) in [6.07, 6.45) is 1.25. The van der Waals surface area contributed by atoms with Gasteiger partial charge in [-0.2, -0.15) is 0 Å². The summed E-state index contributed by atoms with van der Waals surface area (Å²) < 4.78 is 0. The van der Waals surface area contributed by atoms with Crippen molar-refractivity contribution in [3.8, 4) is 0 Å². The summed E-state index contributed by atoms with van der Waals surface area (Å²) in [7, 11) is 0. The lowest BCUT2D eigenvalue weighted by Gasteiger charge is -2.16. The minimum Gasteiger partial charge on any atom is -0.338 e. The van der Waals surface area contributed by atoms with Gasteiger partial charge >= 0.3 is 6.03 Å². The third kappa shape index (κ3) is 3.90. The summed E-state index contributed by atoms with van der Waals surface area (Å²) in [4.78, 5) is 24.6. The molecule has 0 aliphatic carbocycles. The smallest absolute Gasteiger partial charge is 0.315 e. The number of hydrogen-bond acceptors (Lipinski definition) is 3. The fraction of sp³-hybridized carbons (Fsp3) is 0.294. The molecule has 23 heavy (non-hydrogen) atoms. The molecule has 0 spiro atoms. The van der Waals surface area contributed by atoms with Crippen molar-refractivity contribution < 1.29 is 9.59 Å². The molecule has 0 unspecified atom stereocenters. The molecule has 3 amide bonds. The van der Waals surface area contributed by atoms with Gasteiger partial charge in [-0.3, -0.25) is 4.79 Å². The molecule has 1 atom stereocenters. The lowest BCUT2D eigenvalue weighted by molar-refractivity contribution is -0.115. The highest BCUT2D eigenvalue weighted by Gasteiger charge is 2.19. The number of hydrogen-bond donors (Lipinski definition) is 3. The van der Waals surface area contributed by atoms with Gasteiger partial charge in [-0.25, -0.2) is 4.79 Å². The van der Waals surface area contributed by atoms with Crippen LogP contribution in [0.5, 0.6) is 0 Å². The molecule has 0 bridgehead atoms. The first-order valence-electron chi connectivity index (χ1n) is 7.61. The molecular formula is C17H19N3O2S. The van der Waals surface area contributed by atoms with E-state index in [0.717, 1.165) is 23.2 Å². The molecule has 5 nitrogen and oxygen atoms in total. The predicted molar refractivity (Wildman–Crippen MR) is 91.7 cm³/mol. The number of rotatable bonds is 5. The van der Waals surface area contributed by atoms with E-state index < -0.39 is 0 Å². The van der Waals surface area contributed by atoms with Crippen molar-refractivity contribution in [3.05, 3.63) is 51.7 Å². The highest BCUT2D eigenvalue weighted by Crippen LogP contribution is 2.26. The van der Waals surface area contributed by atoms with E-state index in [1.165, 1.54) is 4.88 Å². The maximum absolute atomic E-state index is 12.0. The van der Waals surface area contributed by atoms with E-state index in [9.17, 15) is 9.59 Å². The van der Waals surface area contributed by atoms with Gasteiger partial charge in [0.15, 0.2) is 0 Å². The van der Waals surface area contributed by atoms with Crippen LogP contribution in [0.25, 0.3) is 0 Å². The fourth-order valence-corrected chi connectivity index (χ4v) is 3.31. The Balaban J connectivity index is 1.50. The van der Waals surface area contributed by atoms with E-state index in [0.29, 0.717) is 13.0 Å². The van der Waals surface area contributed by atoms with Crippen LogP contribution >= 0.6 is 11.3 Å². The van der Waals surface area contributed by atoms with Crippen LogP contribution in [0.1, 0.15) is 29.0 Å². The zero-order chi connectivity index (χ0) is 16.2. The molecule has 1 aromatic carbocycles. The minimum atomic E-state index is -0.177. The van der Waals surface area contributed by atoms with Gasteiger partial charge < -0.3 is 16.0 Å². The molecule has 120 valence electrons. The zero-order valence-corrected chi connectivity index (χ0v) is 13.7. The maximum Gasteiger partial charge on any atom is 0.315 e. The third-order valence-corrected chi connectivity index (χ3v) is 4.78. The van der Waals surface area contributed by atoms with Gasteiger partial charge in [0.1, 0.15) is 0 Å². The van der Waals surface area contributed by atoms with Gasteiger partial charge in [-0.15, -0.1) is 11.3 Å². The number of nitrogens with one attached hydrogen (secondary N) is 3. The number of carbonyl (C=O) groups is 2. The Labute approximate surface area is 139 Å². The predicted octanol–water partition coefficient (Wildman–Crippen LogP) is 2.85. The SMILES string of the molecule is C[C@H](NC(=O)NCCc1cccs1)c1ccc2c(c1)CC(=O)N2. The van der Waals surface area contributed by atoms with Crippen LogP contribution in [0.2, 0.25) is 0 Å². The summed E-state index contributed by atoms with van der Waals surface area (Å²) in [5, 5.41) is 10.6. The summed E-state index contributed by atoms with van der Waals surface area (Å²) in [5.74, 6) is 0.0177. The molecule has 0 saturated carbocycles. The Morgan fingerprint density at radius 3 is 3.04 bits per heavy atom. The standard InChI is InChI=1S/C17H19N3O2S/c1-11(12-4-5-15-13(9-12)10-16(21)20-15)19-17(22)18-7-6-14-3-2-8-23-14/h2-5,8-9,11H,6-7,10H2,1H3,(H,20,21)(H2,18,19,22)/t11-/m0/s1. The molecule has 2 heterocycles. The van der Waals surface area contributed by atoms with Crippen molar-refractivity contribution in [1.29, 1.82) is 0 Å². The van der Waals surface area contributed by atoms with Crippen molar-refractivity contribution in [2.45, 2.75) is 25.8 Å². The Bertz CT molecular complexity index is 713. The van der Waals surface area contributed by atoms with Gasteiger partial charge in [-0.1, -0.05) is 18.2 Å². The fourth-order valence-electron chi connectivity index (χ4n) is 2.60.